The van der Waals surface area contributed by atoms with Gasteiger partial charge in [0.15, 0.2) is 28.4 Å². The minimum atomic E-state index is -1.41. The number of benzene rings is 9. The van der Waals surface area contributed by atoms with Gasteiger partial charge in [0.1, 0.15) is 28.3 Å². The zero-order valence-electron chi connectivity index (χ0n) is 47.7. The van der Waals surface area contributed by atoms with Crippen LogP contribution < -0.4 is 10.6 Å². The Morgan fingerprint density at radius 3 is 1.63 bits per heavy atom. The average molecular weight is 1210 g/mol. The summed E-state index contributed by atoms with van der Waals surface area (Å²) in [5.41, 5.74) is 5.67. The third-order valence-corrected chi connectivity index (χ3v) is 18.0. The maximum absolute atomic E-state index is 15.7. The molecule has 9 aromatic carbocycles. The number of anilines is 1. The van der Waals surface area contributed by atoms with Gasteiger partial charge in [0.05, 0.1) is 17.4 Å². The van der Waals surface area contributed by atoms with Crippen LogP contribution in [0.5, 0.6) is 11.5 Å². The van der Waals surface area contributed by atoms with E-state index in [4.69, 9.17) is 19.7 Å². The third-order valence-electron chi connectivity index (χ3n) is 15.9. The molecule has 2 aliphatic heterocycles. The molecule has 0 saturated carbocycles. The first-order valence-electron chi connectivity index (χ1n) is 28.9. The molecule has 16 heteroatoms. The second kappa shape index (κ2) is 25.3. The number of β-lactam (4-membered cyclic amide) rings is 1. The van der Waals surface area contributed by atoms with E-state index in [1.54, 1.807) is 22.4 Å². The Balaban J connectivity index is 0.887. The van der Waals surface area contributed by atoms with Gasteiger partial charge in [-0.2, -0.15) is 0 Å². The molecule has 438 valence electrons. The second-order valence-electron chi connectivity index (χ2n) is 21.3. The molecule has 13 rings (SSSR count). The van der Waals surface area contributed by atoms with Gasteiger partial charge in [-0.15, -0.1) is 23.1 Å². The molecule has 1 fully saturated rings. The summed E-state index contributed by atoms with van der Waals surface area (Å²) in [5.74, 6) is -2.37. The van der Waals surface area contributed by atoms with Crippen molar-refractivity contribution in [3.63, 3.8) is 0 Å². The molecular weight excluding hydrogens is 1150 g/mol. The number of nitrogens with one attached hydrogen (secondary N) is 2. The number of phenols is 2. The SMILES string of the molecule is O=C(OC(c1ccccc1)c1ccccc1)C1=C(/C=C/Cn2cnc3cc(O)c(O)cc32)CS[C@H]2C(NC(=O)/C(=N\OC(c3ccccc3)(c3ccccc3)c3ccccc3)c3csc(NC(c4ccccc4)(c4ccccc4)c4ccccc4)n3)C(=O)N12. The highest BCUT2D eigenvalue weighted by Gasteiger charge is 2.55. The summed E-state index contributed by atoms with van der Waals surface area (Å²) < 4.78 is 8.28. The molecule has 0 bridgehead atoms. The van der Waals surface area contributed by atoms with Crippen LogP contribution in [-0.4, -0.2) is 70.3 Å². The van der Waals surface area contributed by atoms with Crippen molar-refractivity contribution in [2.45, 2.75) is 35.2 Å². The molecule has 4 N–H and O–H groups in total. The number of aromatic nitrogens is 3. The van der Waals surface area contributed by atoms with E-state index in [1.807, 2.05) is 212 Å². The van der Waals surface area contributed by atoms with Crippen molar-refractivity contribution < 1.29 is 34.2 Å². The average Bonchev–Trinajstić information content (AvgIpc) is 1.25. The number of hydrogen-bond acceptors (Lipinski definition) is 13. The number of amides is 2. The molecular formula is C73H57N7O7S2. The normalized spacial score (nSPS) is 15.2. The number of rotatable bonds is 20. The molecule has 2 amide bonds. The summed E-state index contributed by atoms with van der Waals surface area (Å²) in [6.45, 7) is 0.258. The van der Waals surface area contributed by atoms with Gasteiger partial charge in [-0.3, -0.25) is 14.5 Å². The first-order chi connectivity index (χ1) is 43.7. The zero-order valence-corrected chi connectivity index (χ0v) is 49.3. The maximum Gasteiger partial charge on any atom is 0.356 e. The molecule has 1 unspecified atom stereocenters. The minimum Gasteiger partial charge on any atom is -0.504 e. The Labute approximate surface area is 521 Å². The largest absolute Gasteiger partial charge is 0.504 e. The van der Waals surface area contributed by atoms with E-state index in [1.165, 1.54) is 40.1 Å². The number of allylic oxidation sites excluding steroid dienone is 2. The standard InChI is InChI=1S/C73H57N7O7S2/c81-61-44-58-60(45-62(61)82)79(48-74-58)43-25-30-51-46-88-69-64(68(84)80(69)65(51)70(85)86-66(49-26-9-1-10-27-49)50-28-11-2-12-29-50)76-67(83)63(78-87-73(55-37-19-6-20-38-55,56-39-21-7-22-40-56)57-41-23-8-24-42-57)59-47-89-71(75-59)77-72(52-31-13-3-14-32-52,53-33-15-4-16-34-53)54-35-17-5-18-36-54/h1-42,44-45,47-48,64,66,69,81-82H,43,46H2,(H,75,77)(H,76,83)/b30-25+,78-63-/t64?,69-/m0/s1. The van der Waals surface area contributed by atoms with Gasteiger partial charge >= 0.3 is 5.97 Å². The zero-order chi connectivity index (χ0) is 60.7. The highest BCUT2D eigenvalue weighted by atomic mass is 32.2. The van der Waals surface area contributed by atoms with Crippen molar-refractivity contribution >= 4 is 62.8 Å². The Bertz CT molecular complexity index is 4170. The van der Waals surface area contributed by atoms with Gasteiger partial charge < -0.3 is 35.0 Å². The number of esters is 1. The number of carbonyl (C=O) groups excluding carboxylic acids is 3. The van der Waals surface area contributed by atoms with E-state index >= 15 is 14.4 Å². The topological polar surface area (TPSA) is 180 Å². The predicted octanol–water partition coefficient (Wildman–Crippen LogP) is 13.3. The van der Waals surface area contributed by atoms with Crippen LogP contribution in [0.1, 0.15) is 56.3 Å². The number of phenolic OH excluding ortho intramolecular Hbond substituents is 2. The number of hydrogen-bond donors (Lipinski definition) is 4. The first-order valence-corrected chi connectivity index (χ1v) is 30.8. The third kappa shape index (κ3) is 11.2. The Hall–Kier alpha value is -10.8. The number of aromatic hydroxyl groups is 2. The number of thiazole rings is 1. The molecule has 1 saturated heterocycles. The van der Waals surface area contributed by atoms with Crippen molar-refractivity contribution in [3.05, 3.63) is 340 Å². The summed E-state index contributed by atoms with van der Waals surface area (Å²) in [5, 5.41) is 33.8. The van der Waals surface area contributed by atoms with Crippen LogP contribution in [0, 0.1) is 0 Å². The van der Waals surface area contributed by atoms with Gasteiger partial charge in [0, 0.05) is 46.5 Å². The lowest BCUT2D eigenvalue weighted by Gasteiger charge is -2.49. The van der Waals surface area contributed by atoms with Gasteiger partial charge in [-0.05, 0) is 33.4 Å². The Morgan fingerprint density at radius 2 is 1.12 bits per heavy atom. The van der Waals surface area contributed by atoms with Crippen LogP contribution in [-0.2, 0) is 41.6 Å². The molecule has 0 spiro atoms. The lowest BCUT2D eigenvalue weighted by Crippen LogP contribution is -2.71. The van der Waals surface area contributed by atoms with Crippen LogP contribution in [0.25, 0.3) is 11.0 Å². The lowest BCUT2D eigenvalue weighted by atomic mass is 9.77. The summed E-state index contributed by atoms with van der Waals surface area (Å²) in [4.78, 5) is 64.0. The van der Waals surface area contributed by atoms with Crippen molar-refractivity contribution in [2.24, 2.45) is 5.16 Å². The number of fused-ring (bicyclic) bond motifs is 2. The molecule has 2 atom stereocenters. The Kier molecular flexibility index (Phi) is 16.3. The molecule has 11 aromatic rings. The van der Waals surface area contributed by atoms with Crippen LogP contribution in [0.2, 0.25) is 0 Å². The minimum absolute atomic E-state index is 0.0277. The van der Waals surface area contributed by atoms with Crippen LogP contribution in [0.4, 0.5) is 5.13 Å². The maximum atomic E-state index is 15.7. The van der Waals surface area contributed by atoms with Gasteiger partial charge in [-0.1, -0.05) is 260 Å². The van der Waals surface area contributed by atoms with E-state index in [9.17, 15) is 10.2 Å². The number of oxime groups is 1. The van der Waals surface area contributed by atoms with Crippen LogP contribution in [0.3, 0.4) is 0 Å². The predicted molar refractivity (Wildman–Crippen MR) is 347 cm³/mol. The van der Waals surface area contributed by atoms with E-state index < -0.39 is 46.4 Å². The first kappa shape index (κ1) is 57.3. The van der Waals surface area contributed by atoms with Crippen molar-refractivity contribution in [3.8, 4) is 11.5 Å². The fourth-order valence-corrected chi connectivity index (χ4v) is 13.7. The summed E-state index contributed by atoms with van der Waals surface area (Å²) in [7, 11) is 0. The van der Waals surface area contributed by atoms with Gasteiger partial charge in [0.2, 0.25) is 5.60 Å². The fourth-order valence-electron chi connectivity index (χ4n) is 11.6. The van der Waals surface area contributed by atoms with E-state index in [2.05, 4.69) is 52.0 Å². The van der Waals surface area contributed by atoms with Gasteiger partial charge in [-0.25, -0.2) is 14.8 Å². The monoisotopic (exact) mass is 1210 g/mol. The van der Waals surface area contributed by atoms with Crippen molar-refractivity contribution in [1.29, 1.82) is 0 Å². The summed E-state index contributed by atoms with van der Waals surface area (Å²) in [6.07, 6.45) is 4.35. The summed E-state index contributed by atoms with van der Waals surface area (Å²) in [6, 6.07) is 79.9. The van der Waals surface area contributed by atoms with Crippen LogP contribution >= 0.6 is 23.1 Å². The van der Waals surface area contributed by atoms with Crippen LogP contribution in [0.15, 0.2) is 295 Å². The van der Waals surface area contributed by atoms with E-state index in [0.29, 0.717) is 21.7 Å². The van der Waals surface area contributed by atoms with E-state index in [-0.39, 0.29) is 40.9 Å². The molecule has 0 aliphatic carbocycles. The second-order valence-corrected chi connectivity index (χ2v) is 23.3. The highest BCUT2D eigenvalue weighted by Crippen LogP contribution is 2.45. The van der Waals surface area contributed by atoms with Crippen molar-refractivity contribution in [2.75, 3.05) is 11.1 Å². The number of imidazole rings is 1. The molecule has 2 aromatic heterocycles. The van der Waals surface area contributed by atoms with Gasteiger partial charge in [0.25, 0.3) is 11.8 Å². The molecule has 0 radical (unpaired) electrons. The molecule has 4 heterocycles. The number of thioether (sulfide) groups is 1. The lowest BCUT2D eigenvalue weighted by molar-refractivity contribution is -0.154. The molecule has 14 nitrogen and oxygen atoms in total. The quantitative estimate of drug-likeness (QED) is 0.0142. The fraction of sp³-hybridized carbons (Fsp3) is 0.0959. The highest BCUT2D eigenvalue weighted by molar-refractivity contribution is 8.00. The van der Waals surface area contributed by atoms with Crippen molar-refractivity contribution in [1.82, 2.24) is 24.8 Å². The molecule has 89 heavy (non-hydrogen) atoms. The number of carbonyl (C=O) groups is 3. The number of ether oxygens (including phenoxy) is 1. The molecule has 2 aliphatic rings. The summed E-state index contributed by atoms with van der Waals surface area (Å²) >= 11 is 2.67. The Morgan fingerprint density at radius 1 is 0.652 bits per heavy atom. The number of nitrogens with zero attached hydrogens (tertiary/aromatic N) is 5. The smallest absolute Gasteiger partial charge is 0.356 e. The van der Waals surface area contributed by atoms with E-state index in [0.717, 1.165) is 44.5 Å².